The molecule has 1 aromatic rings. The number of nitrogens with zero attached hydrogens (tertiary/aromatic N) is 1. The fraction of sp³-hybridized carbons (Fsp3) is 0.417. The summed E-state index contributed by atoms with van der Waals surface area (Å²) in [5.74, 6) is 0. The predicted octanol–water partition coefficient (Wildman–Crippen LogP) is 0.265. The number of carbonyl (C=O) groups is 1. The molecule has 2 N–H and O–H groups in total. The molecule has 0 unspecified atom stereocenters. The van der Waals surface area contributed by atoms with Gasteiger partial charge in [0.2, 0.25) is 0 Å². The minimum absolute atomic E-state index is 0.0488. The lowest BCUT2D eigenvalue weighted by molar-refractivity contribution is -0.356. The van der Waals surface area contributed by atoms with Crippen LogP contribution in [0, 0.1) is 0 Å². The van der Waals surface area contributed by atoms with Crippen molar-refractivity contribution < 1.29 is 24.7 Å². The van der Waals surface area contributed by atoms with Gasteiger partial charge in [0.1, 0.15) is 6.29 Å². The van der Waals surface area contributed by atoms with Crippen molar-refractivity contribution in [3.63, 3.8) is 0 Å². The van der Waals surface area contributed by atoms with Crippen LogP contribution in [-0.2, 0) is 9.68 Å². The first kappa shape index (κ1) is 16.7. The Labute approximate surface area is 106 Å². The van der Waals surface area contributed by atoms with E-state index in [1.165, 1.54) is 0 Å². The van der Waals surface area contributed by atoms with Crippen LogP contribution in [0.1, 0.15) is 10.4 Å². The van der Waals surface area contributed by atoms with Crippen molar-refractivity contribution in [1.82, 2.24) is 5.23 Å². The first-order chi connectivity index (χ1) is 8.74. The second kappa shape index (κ2) is 12.2. The summed E-state index contributed by atoms with van der Waals surface area (Å²) in [4.78, 5) is 19.5. The maximum absolute atomic E-state index is 10.0. The third kappa shape index (κ3) is 9.88. The van der Waals surface area contributed by atoms with Gasteiger partial charge in [0.25, 0.3) is 0 Å². The van der Waals surface area contributed by atoms with Crippen molar-refractivity contribution in [1.29, 1.82) is 0 Å². The van der Waals surface area contributed by atoms with Gasteiger partial charge in [-0.05, 0) is 0 Å². The molecule has 0 aliphatic carbocycles. The molecule has 0 saturated carbocycles. The van der Waals surface area contributed by atoms with Crippen LogP contribution in [-0.4, -0.2) is 55.2 Å². The highest BCUT2D eigenvalue weighted by molar-refractivity contribution is 5.74. The maximum Gasteiger partial charge on any atom is 0.150 e. The van der Waals surface area contributed by atoms with Gasteiger partial charge in [-0.25, -0.2) is 0 Å². The van der Waals surface area contributed by atoms with Crippen LogP contribution in [0.25, 0.3) is 0 Å². The van der Waals surface area contributed by atoms with E-state index in [1.807, 2.05) is 18.2 Å². The lowest BCUT2D eigenvalue weighted by Gasteiger charge is -2.13. The molecule has 0 heterocycles. The van der Waals surface area contributed by atoms with E-state index in [4.69, 9.17) is 19.9 Å². The Bertz CT molecular complexity index is 286. The van der Waals surface area contributed by atoms with Gasteiger partial charge >= 0.3 is 0 Å². The molecule has 0 aliphatic heterocycles. The van der Waals surface area contributed by atoms with Crippen LogP contribution in [0.2, 0.25) is 0 Å². The number of aliphatic hydroxyl groups excluding tert-OH is 2. The number of aliphatic hydroxyl groups is 2. The molecule has 0 amide bonds. The molecule has 0 spiro atoms. The Kier molecular flexibility index (Phi) is 11.3. The van der Waals surface area contributed by atoms with Crippen molar-refractivity contribution in [2.24, 2.45) is 0 Å². The van der Waals surface area contributed by atoms with Crippen molar-refractivity contribution >= 4 is 6.29 Å². The fourth-order valence-electron chi connectivity index (χ4n) is 0.908. The van der Waals surface area contributed by atoms with Gasteiger partial charge in [0, 0.05) is 12.6 Å². The zero-order valence-corrected chi connectivity index (χ0v) is 10.4. The number of hydrogen-bond acceptors (Lipinski definition) is 6. The number of rotatable bonds is 7. The van der Waals surface area contributed by atoms with E-state index in [0.717, 1.165) is 17.1 Å². The van der Waals surface area contributed by atoms with Gasteiger partial charge in [0.15, 0.2) is 0 Å². The molecule has 0 bridgehead atoms. The van der Waals surface area contributed by atoms with Crippen molar-refractivity contribution in [3.05, 3.63) is 35.9 Å². The van der Waals surface area contributed by atoms with E-state index >= 15 is 0 Å². The molecular formula is C12H19NO5. The highest BCUT2D eigenvalue weighted by atomic mass is 16.9. The van der Waals surface area contributed by atoms with Crippen molar-refractivity contribution in [2.45, 2.75) is 0 Å². The monoisotopic (exact) mass is 257 g/mol. The normalized spacial score (nSPS) is 9.78. The number of hydrogen-bond donors (Lipinski definition) is 2. The third-order valence-electron chi connectivity index (χ3n) is 1.66. The van der Waals surface area contributed by atoms with Gasteiger partial charge < -0.3 is 10.2 Å². The first-order valence-corrected chi connectivity index (χ1v) is 5.46. The van der Waals surface area contributed by atoms with Gasteiger partial charge in [-0.3, -0.25) is 14.5 Å². The largest absolute Gasteiger partial charge is 0.394 e. The highest BCUT2D eigenvalue weighted by Gasteiger charge is 1.95. The second-order valence-electron chi connectivity index (χ2n) is 3.08. The van der Waals surface area contributed by atoms with Crippen molar-refractivity contribution in [2.75, 3.05) is 33.5 Å². The minimum atomic E-state index is -0.0488. The summed E-state index contributed by atoms with van der Waals surface area (Å²) in [5, 5.41) is 17.7. The Morgan fingerprint density at radius 1 is 1.11 bits per heavy atom. The molecule has 102 valence electrons. The lowest BCUT2D eigenvalue weighted by atomic mass is 10.2. The fourth-order valence-corrected chi connectivity index (χ4v) is 0.908. The van der Waals surface area contributed by atoms with E-state index < -0.39 is 0 Å². The summed E-state index contributed by atoms with van der Waals surface area (Å²) in [6.07, 6.45) is 0.833. The smallest absolute Gasteiger partial charge is 0.150 e. The van der Waals surface area contributed by atoms with Gasteiger partial charge in [-0.1, -0.05) is 35.6 Å². The topological polar surface area (TPSA) is 79.2 Å². The summed E-state index contributed by atoms with van der Waals surface area (Å²) >= 11 is 0. The summed E-state index contributed by atoms with van der Waals surface area (Å²) < 4.78 is 0. The van der Waals surface area contributed by atoms with Crippen LogP contribution in [0.5, 0.6) is 0 Å². The highest BCUT2D eigenvalue weighted by Crippen LogP contribution is 1.91. The van der Waals surface area contributed by atoms with Crippen LogP contribution in [0.4, 0.5) is 0 Å². The Balaban J connectivity index is 0.000000327. The van der Waals surface area contributed by atoms with E-state index in [1.54, 1.807) is 19.2 Å². The number of benzene rings is 1. The summed E-state index contributed by atoms with van der Waals surface area (Å²) in [7, 11) is 1.55. The first-order valence-electron chi connectivity index (χ1n) is 5.46. The van der Waals surface area contributed by atoms with Crippen LogP contribution >= 0.6 is 0 Å². The number of carbonyl (C=O) groups excluding carboxylic acids is 1. The van der Waals surface area contributed by atoms with Gasteiger partial charge in [0.05, 0.1) is 26.4 Å². The molecule has 1 rings (SSSR count). The Morgan fingerprint density at radius 3 is 1.94 bits per heavy atom. The zero-order chi connectivity index (χ0) is 13.6. The Morgan fingerprint density at radius 2 is 1.61 bits per heavy atom. The summed E-state index contributed by atoms with van der Waals surface area (Å²) in [6.45, 7) is 0.295. The third-order valence-corrected chi connectivity index (χ3v) is 1.66. The molecule has 0 fully saturated rings. The molecule has 1 aromatic carbocycles. The second-order valence-corrected chi connectivity index (χ2v) is 3.08. The quantitative estimate of drug-likeness (QED) is 0.539. The number of hydroxylamine groups is 2. The molecule has 0 radical (unpaired) electrons. The van der Waals surface area contributed by atoms with E-state index in [0.29, 0.717) is 0 Å². The van der Waals surface area contributed by atoms with Crippen molar-refractivity contribution in [3.8, 4) is 0 Å². The zero-order valence-electron chi connectivity index (χ0n) is 10.4. The van der Waals surface area contributed by atoms with Crippen LogP contribution in [0.3, 0.4) is 0 Å². The lowest BCUT2D eigenvalue weighted by Crippen LogP contribution is -2.22. The summed E-state index contributed by atoms with van der Waals surface area (Å²) in [6, 6.07) is 9.10. The molecule has 0 atom stereocenters. The molecule has 0 saturated heterocycles. The maximum atomic E-state index is 10.0. The molecular weight excluding hydrogens is 238 g/mol. The molecule has 18 heavy (non-hydrogen) atoms. The standard InChI is InChI=1S/C7H6O.C5H13NO4/c8-6-7-4-2-1-3-5-7;1-6(9-4-2-7)10-5-3-8/h1-6H;7-8H,2-5H2,1H3. The average Bonchev–Trinajstić information content (AvgIpc) is 2.44. The van der Waals surface area contributed by atoms with Gasteiger partial charge in [-0.15, -0.1) is 0 Å². The van der Waals surface area contributed by atoms with E-state index in [9.17, 15) is 4.79 Å². The predicted molar refractivity (Wildman–Crippen MR) is 65.7 cm³/mol. The summed E-state index contributed by atoms with van der Waals surface area (Å²) in [5.41, 5.74) is 0.729. The average molecular weight is 257 g/mol. The van der Waals surface area contributed by atoms with E-state index in [2.05, 4.69) is 0 Å². The Hall–Kier alpha value is -1.31. The molecule has 0 aromatic heterocycles. The van der Waals surface area contributed by atoms with Crippen LogP contribution in [0.15, 0.2) is 30.3 Å². The van der Waals surface area contributed by atoms with Gasteiger partial charge in [-0.2, -0.15) is 0 Å². The molecule has 0 aliphatic rings. The van der Waals surface area contributed by atoms with E-state index in [-0.39, 0.29) is 26.4 Å². The number of aldehydes is 1. The molecule has 6 nitrogen and oxygen atoms in total. The minimum Gasteiger partial charge on any atom is -0.394 e. The molecule has 6 heteroatoms. The SMILES string of the molecule is CN(OCCO)OCCO.O=Cc1ccccc1. The van der Waals surface area contributed by atoms with Crippen LogP contribution < -0.4 is 0 Å².